The molecule has 118 valence electrons. The molecule has 5 nitrogen and oxygen atoms in total. The van der Waals surface area contributed by atoms with E-state index in [1.165, 1.54) is 0 Å². The maximum absolute atomic E-state index is 12.0. The van der Waals surface area contributed by atoms with Crippen LogP contribution >= 0.6 is 0 Å². The summed E-state index contributed by atoms with van der Waals surface area (Å²) in [4.78, 5) is 16.4. The first-order valence-corrected chi connectivity index (χ1v) is 7.51. The van der Waals surface area contributed by atoms with Gasteiger partial charge in [-0.2, -0.15) is 0 Å². The molecule has 5 heteroatoms. The van der Waals surface area contributed by atoms with Crippen LogP contribution in [-0.2, 0) is 11.3 Å². The molecule has 0 saturated heterocycles. The zero-order chi connectivity index (χ0) is 15.7. The minimum absolute atomic E-state index is 0.0298. The smallest absolute Gasteiger partial charge is 0.238 e. The highest BCUT2D eigenvalue weighted by molar-refractivity contribution is 5.92. The fourth-order valence-electron chi connectivity index (χ4n) is 2.09. The number of rotatable bonds is 9. The van der Waals surface area contributed by atoms with Crippen molar-refractivity contribution in [2.24, 2.45) is 5.73 Å². The number of carbonyl (C=O) groups excluding carboxylic acids is 1. The molecule has 0 fully saturated rings. The number of nitrogens with one attached hydrogen (secondary N) is 1. The van der Waals surface area contributed by atoms with E-state index in [0.717, 1.165) is 37.3 Å². The monoisotopic (exact) mass is 292 g/mol. The van der Waals surface area contributed by atoms with Crippen LogP contribution in [-0.4, -0.2) is 56.0 Å². The molecule has 1 aromatic carbocycles. The van der Waals surface area contributed by atoms with E-state index in [-0.39, 0.29) is 5.91 Å². The first-order valence-electron chi connectivity index (χ1n) is 7.51. The van der Waals surface area contributed by atoms with E-state index < -0.39 is 0 Å². The SMILES string of the molecule is CCN(CCCN(C)C)CC(=O)Nc1ccc(CN)cc1. The van der Waals surface area contributed by atoms with Crippen LogP contribution < -0.4 is 11.1 Å². The molecule has 0 aliphatic rings. The topological polar surface area (TPSA) is 61.6 Å². The third-order valence-electron chi connectivity index (χ3n) is 3.37. The van der Waals surface area contributed by atoms with Crippen LogP contribution in [0.5, 0.6) is 0 Å². The number of anilines is 1. The second-order valence-corrected chi connectivity index (χ2v) is 5.47. The fraction of sp³-hybridized carbons (Fsp3) is 0.562. The van der Waals surface area contributed by atoms with Crippen LogP contribution in [0.2, 0.25) is 0 Å². The van der Waals surface area contributed by atoms with E-state index in [9.17, 15) is 4.79 Å². The lowest BCUT2D eigenvalue weighted by molar-refractivity contribution is -0.117. The molecule has 0 unspecified atom stereocenters. The van der Waals surface area contributed by atoms with Crippen molar-refractivity contribution in [3.63, 3.8) is 0 Å². The Kier molecular flexibility index (Phi) is 7.97. The van der Waals surface area contributed by atoms with Gasteiger partial charge in [-0.3, -0.25) is 9.69 Å². The lowest BCUT2D eigenvalue weighted by atomic mass is 10.2. The molecule has 1 amide bonds. The zero-order valence-corrected chi connectivity index (χ0v) is 13.4. The van der Waals surface area contributed by atoms with Crippen LogP contribution in [0.3, 0.4) is 0 Å². The third-order valence-corrected chi connectivity index (χ3v) is 3.37. The summed E-state index contributed by atoms with van der Waals surface area (Å²) >= 11 is 0. The molecule has 1 aromatic rings. The highest BCUT2D eigenvalue weighted by atomic mass is 16.2. The van der Waals surface area contributed by atoms with Gasteiger partial charge in [-0.15, -0.1) is 0 Å². The van der Waals surface area contributed by atoms with Crippen LogP contribution in [0, 0.1) is 0 Å². The fourth-order valence-corrected chi connectivity index (χ4v) is 2.09. The van der Waals surface area contributed by atoms with E-state index in [1.807, 2.05) is 24.3 Å². The van der Waals surface area contributed by atoms with E-state index >= 15 is 0 Å². The van der Waals surface area contributed by atoms with Gasteiger partial charge >= 0.3 is 0 Å². The molecule has 3 N–H and O–H groups in total. The highest BCUT2D eigenvalue weighted by Gasteiger charge is 2.09. The Morgan fingerprint density at radius 3 is 2.38 bits per heavy atom. The lowest BCUT2D eigenvalue weighted by Gasteiger charge is -2.20. The molecular formula is C16H28N4O. The van der Waals surface area contributed by atoms with E-state index in [2.05, 4.69) is 36.1 Å². The second kappa shape index (κ2) is 9.50. The van der Waals surface area contributed by atoms with Gasteiger partial charge in [0.25, 0.3) is 0 Å². The van der Waals surface area contributed by atoms with E-state index in [1.54, 1.807) is 0 Å². The first-order chi connectivity index (χ1) is 10.0. The van der Waals surface area contributed by atoms with Crippen molar-refractivity contribution in [2.45, 2.75) is 19.9 Å². The van der Waals surface area contributed by atoms with Crippen molar-refractivity contribution in [3.05, 3.63) is 29.8 Å². The summed E-state index contributed by atoms with van der Waals surface area (Å²) in [5.74, 6) is 0.0298. The average molecular weight is 292 g/mol. The lowest BCUT2D eigenvalue weighted by Crippen LogP contribution is -2.34. The Labute approximate surface area is 128 Å². The zero-order valence-electron chi connectivity index (χ0n) is 13.4. The van der Waals surface area contributed by atoms with Gasteiger partial charge in [-0.1, -0.05) is 19.1 Å². The molecule has 0 heterocycles. The van der Waals surface area contributed by atoms with Gasteiger partial charge in [-0.25, -0.2) is 0 Å². The van der Waals surface area contributed by atoms with Crippen molar-refractivity contribution in [2.75, 3.05) is 45.6 Å². The Morgan fingerprint density at radius 1 is 1.19 bits per heavy atom. The van der Waals surface area contributed by atoms with Crippen LogP contribution in [0.4, 0.5) is 5.69 Å². The van der Waals surface area contributed by atoms with Gasteiger partial charge < -0.3 is 16.0 Å². The van der Waals surface area contributed by atoms with Gasteiger partial charge in [0, 0.05) is 12.2 Å². The summed E-state index contributed by atoms with van der Waals surface area (Å²) in [5, 5.41) is 2.93. The van der Waals surface area contributed by atoms with Gasteiger partial charge in [0.2, 0.25) is 5.91 Å². The van der Waals surface area contributed by atoms with Crippen molar-refractivity contribution in [1.29, 1.82) is 0 Å². The predicted octanol–water partition coefficient (Wildman–Crippen LogP) is 1.36. The van der Waals surface area contributed by atoms with Crippen molar-refractivity contribution >= 4 is 11.6 Å². The van der Waals surface area contributed by atoms with Crippen LogP contribution in [0.1, 0.15) is 18.9 Å². The molecule has 1 rings (SSSR count). The number of nitrogens with two attached hydrogens (primary N) is 1. The van der Waals surface area contributed by atoms with Gasteiger partial charge in [0.15, 0.2) is 0 Å². The number of likely N-dealkylation sites (N-methyl/N-ethyl adjacent to an activating group) is 1. The van der Waals surface area contributed by atoms with Crippen molar-refractivity contribution in [3.8, 4) is 0 Å². The number of hydrogen-bond donors (Lipinski definition) is 2. The minimum Gasteiger partial charge on any atom is -0.326 e. The molecule has 0 atom stereocenters. The Morgan fingerprint density at radius 2 is 1.86 bits per heavy atom. The van der Waals surface area contributed by atoms with E-state index in [0.29, 0.717) is 13.1 Å². The highest BCUT2D eigenvalue weighted by Crippen LogP contribution is 2.09. The molecule has 0 aliphatic carbocycles. The van der Waals surface area contributed by atoms with Crippen molar-refractivity contribution < 1.29 is 4.79 Å². The molecule has 0 saturated carbocycles. The molecule has 0 radical (unpaired) electrons. The number of benzene rings is 1. The molecule has 0 bridgehead atoms. The first kappa shape index (κ1) is 17.6. The molecule has 0 spiro atoms. The maximum atomic E-state index is 12.0. The molecule has 21 heavy (non-hydrogen) atoms. The standard InChI is InChI=1S/C16H28N4O/c1-4-20(11-5-10-19(2)3)13-16(21)18-15-8-6-14(12-17)7-9-15/h6-9H,4-5,10-13,17H2,1-3H3,(H,18,21). The summed E-state index contributed by atoms with van der Waals surface area (Å²) < 4.78 is 0. The number of carbonyl (C=O) groups is 1. The summed E-state index contributed by atoms with van der Waals surface area (Å²) in [6.45, 7) is 5.89. The van der Waals surface area contributed by atoms with Crippen LogP contribution in [0.15, 0.2) is 24.3 Å². The molecule has 0 aromatic heterocycles. The summed E-state index contributed by atoms with van der Waals surface area (Å²) in [6, 6.07) is 7.65. The average Bonchev–Trinajstić information content (AvgIpc) is 2.46. The summed E-state index contributed by atoms with van der Waals surface area (Å²) in [7, 11) is 4.13. The Hall–Kier alpha value is -1.43. The predicted molar refractivity (Wildman–Crippen MR) is 88.2 cm³/mol. The second-order valence-electron chi connectivity index (χ2n) is 5.47. The van der Waals surface area contributed by atoms with Crippen LogP contribution in [0.25, 0.3) is 0 Å². The molecular weight excluding hydrogens is 264 g/mol. The Balaban J connectivity index is 2.39. The van der Waals surface area contributed by atoms with E-state index in [4.69, 9.17) is 5.73 Å². The quantitative estimate of drug-likeness (QED) is 0.721. The van der Waals surface area contributed by atoms with Gasteiger partial charge in [0.05, 0.1) is 6.54 Å². The Bertz CT molecular complexity index is 417. The minimum atomic E-state index is 0.0298. The number of amides is 1. The molecule has 0 aliphatic heterocycles. The largest absolute Gasteiger partial charge is 0.326 e. The number of hydrogen-bond acceptors (Lipinski definition) is 4. The summed E-state index contributed by atoms with van der Waals surface area (Å²) in [6.07, 6.45) is 1.07. The summed E-state index contributed by atoms with van der Waals surface area (Å²) in [5.41, 5.74) is 7.44. The van der Waals surface area contributed by atoms with Gasteiger partial charge in [0.1, 0.15) is 0 Å². The maximum Gasteiger partial charge on any atom is 0.238 e. The van der Waals surface area contributed by atoms with Gasteiger partial charge in [-0.05, 0) is 57.8 Å². The third kappa shape index (κ3) is 7.22. The normalized spacial score (nSPS) is 11.1. The van der Waals surface area contributed by atoms with Crippen molar-refractivity contribution in [1.82, 2.24) is 9.80 Å². The number of nitrogens with zero attached hydrogens (tertiary/aromatic N) is 2.